The highest BCUT2D eigenvalue weighted by Crippen LogP contribution is 2.39. The van der Waals surface area contributed by atoms with Crippen molar-refractivity contribution in [1.82, 2.24) is 10.2 Å². The van der Waals surface area contributed by atoms with E-state index in [1.54, 1.807) is 48.5 Å². The Balaban J connectivity index is 1.14. The number of rotatable bonds is 13. The SMILES string of the molecule is CCC(Sc1cccc(NC(=O)/C(=C/c2ccsc2)NC(=O)c2ccccc2)c1)C(=O)Nc1sc2c(c1C(=O)OC)CCN(Cc1ccccc1)C2. The van der Waals surface area contributed by atoms with E-state index in [0.29, 0.717) is 41.2 Å². The highest BCUT2D eigenvalue weighted by atomic mass is 32.2. The molecular weight excluding hydrogens is 713 g/mol. The standard InChI is InChI=1S/C40H38N4O5S3/c1-3-33(38(47)43-39-35(40(48)49-2)31-17-19-44(24-34(31)52-39)23-26-11-6-4-7-12-26)51-30-16-10-15-29(22-30)41-37(46)32(21-27-18-20-50-25-27)42-36(45)28-13-8-5-9-14-28/h4-16,18,20-22,25,33H,3,17,19,23-24H2,1-2H3,(H,41,46)(H,42,45)(H,43,47)/b32-21-. The fourth-order valence-corrected chi connectivity index (χ4v) is 8.74. The number of methoxy groups -OCH3 is 1. The molecule has 2 aromatic heterocycles. The van der Waals surface area contributed by atoms with Gasteiger partial charge >= 0.3 is 5.97 Å². The Morgan fingerprint density at radius 3 is 2.44 bits per heavy atom. The lowest BCUT2D eigenvalue weighted by Gasteiger charge is -2.27. The van der Waals surface area contributed by atoms with Gasteiger partial charge < -0.3 is 20.7 Å². The van der Waals surface area contributed by atoms with Gasteiger partial charge in [-0.15, -0.1) is 23.1 Å². The molecule has 3 N–H and O–H groups in total. The minimum absolute atomic E-state index is 0.0966. The monoisotopic (exact) mass is 750 g/mol. The Morgan fingerprint density at radius 1 is 0.962 bits per heavy atom. The molecule has 1 atom stereocenters. The summed E-state index contributed by atoms with van der Waals surface area (Å²) in [6.45, 7) is 4.21. The van der Waals surface area contributed by atoms with Crippen molar-refractivity contribution in [2.45, 2.75) is 43.0 Å². The molecule has 3 aromatic carbocycles. The van der Waals surface area contributed by atoms with Crippen LogP contribution in [0.4, 0.5) is 10.7 Å². The fraction of sp³-hybridized carbons (Fsp3) is 0.200. The number of thioether (sulfide) groups is 1. The molecule has 9 nitrogen and oxygen atoms in total. The molecule has 0 saturated carbocycles. The van der Waals surface area contributed by atoms with E-state index in [2.05, 4.69) is 33.0 Å². The van der Waals surface area contributed by atoms with Crippen molar-refractivity contribution < 1.29 is 23.9 Å². The van der Waals surface area contributed by atoms with Gasteiger partial charge in [-0.2, -0.15) is 11.3 Å². The molecule has 52 heavy (non-hydrogen) atoms. The van der Waals surface area contributed by atoms with Crippen LogP contribution >= 0.6 is 34.4 Å². The van der Waals surface area contributed by atoms with Gasteiger partial charge in [0.2, 0.25) is 5.91 Å². The van der Waals surface area contributed by atoms with Gasteiger partial charge in [-0.3, -0.25) is 19.3 Å². The maximum absolute atomic E-state index is 13.7. The number of amides is 3. The Morgan fingerprint density at radius 2 is 1.73 bits per heavy atom. The van der Waals surface area contributed by atoms with E-state index < -0.39 is 23.0 Å². The van der Waals surface area contributed by atoms with Crippen LogP contribution in [0, 0.1) is 0 Å². The van der Waals surface area contributed by atoms with Gasteiger partial charge in [-0.05, 0) is 82.8 Å². The molecule has 0 bridgehead atoms. The zero-order valence-electron chi connectivity index (χ0n) is 28.7. The number of thiophene rings is 2. The second-order valence-electron chi connectivity index (χ2n) is 12.1. The van der Waals surface area contributed by atoms with Crippen LogP contribution in [0.1, 0.15) is 55.6 Å². The Labute approximate surface area is 315 Å². The van der Waals surface area contributed by atoms with Crippen LogP contribution in [-0.4, -0.2) is 47.5 Å². The molecule has 12 heteroatoms. The van der Waals surface area contributed by atoms with Crippen molar-refractivity contribution in [3.8, 4) is 0 Å². The number of anilines is 2. The van der Waals surface area contributed by atoms with Crippen LogP contribution < -0.4 is 16.0 Å². The van der Waals surface area contributed by atoms with Crippen molar-refractivity contribution in [3.05, 3.63) is 140 Å². The molecule has 0 radical (unpaired) electrons. The number of carbonyl (C=O) groups is 4. The van der Waals surface area contributed by atoms with E-state index in [-0.39, 0.29) is 11.6 Å². The predicted octanol–water partition coefficient (Wildman–Crippen LogP) is 8.07. The molecule has 3 heterocycles. The summed E-state index contributed by atoms with van der Waals surface area (Å²) < 4.78 is 5.16. The lowest BCUT2D eigenvalue weighted by Crippen LogP contribution is -2.30. The number of nitrogens with zero attached hydrogens (tertiary/aromatic N) is 1. The third-order valence-electron chi connectivity index (χ3n) is 8.43. The Bertz CT molecular complexity index is 2060. The highest BCUT2D eigenvalue weighted by molar-refractivity contribution is 8.00. The van der Waals surface area contributed by atoms with E-state index in [1.165, 1.54) is 47.1 Å². The average Bonchev–Trinajstić information content (AvgIpc) is 3.81. The van der Waals surface area contributed by atoms with E-state index in [9.17, 15) is 19.2 Å². The van der Waals surface area contributed by atoms with Crippen molar-refractivity contribution in [3.63, 3.8) is 0 Å². The summed E-state index contributed by atoms with van der Waals surface area (Å²) in [6.07, 6.45) is 2.84. The normalized spacial score (nSPS) is 13.5. The number of esters is 1. The third-order valence-corrected chi connectivity index (χ3v) is 11.6. The molecule has 1 aliphatic heterocycles. The van der Waals surface area contributed by atoms with Gasteiger partial charge in [-0.25, -0.2) is 4.79 Å². The number of benzene rings is 3. The second kappa shape index (κ2) is 17.5. The van der Waals surface area contributed by atoms with Gasteiger partial charge in [0.15, 0.2) is 0 Å². The highest BCUT2D eigenvalue weighted by Gasteiger charge is 2.30. The molecule has 0 fully saturated rings. The summed E-state index contributed by atoms with van der Waals surface area (Å²) in [5, 5.41) is 12.5. The molecule has 5 aromatic rings. The minimum atomic E-state index is -0.484. The van der Waals surface area contributed by atoms with Crippen LogP contribution in [0.2, 0.25) is 0 Å². The van der Waals surface area contributed by atoms with E-state index in [1.807, 2.05) is 54.1 Å². The van der Waals surface area contributed by atoms with Gasteiger partial charge in [-0.1, -0.05) is 61.5 Å². The van der Waals surface area contributed by atoms with E-state index in [4.69, 9.17) is 4.74 Å². The Kier molecular flexibility index (Phi) is 12.4. The summed E-state index contributed by atoms with van der Waals surface area (Å²) in [5.41, 5.74) is 4.42. The van der Waals surface area contributed by atoms with Crippen LogP contribution in [0.5, 0.6) is 0 Å². The molecule has 6 rings (SSSR count). The Hall–Kier alpha value is -5.01. The zero-order valence-corrected chi connectivity index (χ0v) is 31.2. The van der Waals surface area contributed by atoms with Crippen molar-refractivity contribution in [2.75, 3.05) is 24.3 Å². The fourth-order valence-electron chi connectivity index (χ4n) is 5.83. The lowest BCUT2D eigenvalue weighted by molar-refractivity contribution is -0.116. The first-order valence-corrected chi connectivity index (χ1v) is 19.4. The summed E-state index contributed by atoms with van der Waals surface area (Å²) in [5.74, 6) is -1.57. The second-order valence-corrected chi connectivity index (χ2v) is 15.2. The third kappa shape index (κ3) is 9.25. The topological polar surface area (TPSA) is 117 Å². The van der Waals surface area contributed by atoms with Crippen LogP contribution in [0.15, 0.2) is 112 Å². The van der Waals surface area contributed by atoms with Crippen LogP contribution in [0.3, 0.4) is 0 Å². The van der Waals surface area contributed by atoms with Gasteiger partial charge in [0.05, 0.1) is 17.9 Å². The van der Waals surface area contributed by atoms with Gasteiger partial charge in [0.25, 0.3) is 11.8 Å². The predicted molar refractivity (Wildman–Crippen MR) is 210 cm³/mol. The molecule has 0 saturated heterocycles. The largest absolute Gasteiger partial charge is 0.465 e. The summed E-state index contributed by atoms with van der Waals surface area (Å²) in [4.78, 5) is 57.4. The van der Waals surface area contributed by atoms with Gasteiger partial charge in [0, 0.05) is 40.7 Å². The van der Waals surface area contributed by atoms with Crippen LogP contribution in [0.25, 0.3) is 6.08 Å². The average molecular weight is 751 g/mol. The number of hydrogen-bond donors (Lipinski definition) is 3. The van der Waals surface area contributed by atoms with Crippen molar-refractivity contribution >= 4 is 74.9 Å². The molecule has 0 spiro atoms. The minimum Gasteiger partial charge on any atom is -0.465 e. The first-order chi connectivity index (χ1) is 25.3. The molecule has 1 aliphatic rings. The summed E-state index contributed by atoms with van der Waals surface area (Å²) in [6, 6.07) is 28.1. The molecule has 1 unspecified atom stereocenters. The zero-order chi connectivity index (χ0) is 36.5. The molecular formula is C40H38N4O5S3. The maximum Gasteiger partial charge on any atom is 0.341 e. The first kappa shape index (κ1) is 36.8. The van der Waals surface area contributed by atoms with E-state index >= 15 is 0 Å². The van der Waals surface area contributed by atoms with Crippen LogP contribution in [-0.2, 0) is 33.8 Å². The number of ether oxygens (including phenoxy) is 1. The summed E-state index contributed by atoms with van der Waals surface area (Å²) in [7, 11) is 1.36. The maximum atomic E-state index is 13.7. The number of nitrogens with one attached hydrogen (secondary N) is 3. The first-order valence-electron chi connectivity index (χ1n) is 16.8. The number of carbonyl (C=O) groups excluding carboxylic acids is 4. The smallest absolute Gasteiger partial charge is 0.341 e. The van der Waals surface area contributed by atoms with Gasteiger partial charge in [0.1, 0.15) is 10.7 Å². The summed E-state index contributed by atoms with van der Waals surface area (Å²) >= 11 is 4.29. The lowest BCUT2D eigenvalue weighted by atomic mass is 10.0. The van der Waals surface area contributed by atoms with Crippen molar-refractivity contribution in [1.29, 1.82) is 0 Å². The van der Waals surface area contributed by atoms with Crippen molar-refractivity contribution in [2.24, 2.45) is 0 Å². The molecule has 0 aliphatic carbocycles. The quantitative estimate of drug-likeness (QED) is 0.0633. The molecule has 266 valence electrons. The number of hydrogen-bond acceptors (Lipinski definition) is 9. The van der Waals surface area contributed by atoms with E-state index in [0.717, 1.165) is 34.0 Å². The number of fused-ring (bicyclic) bond motifs is 1. The molecule has 3 amide bonds.